The Morgan fingerprint density at radius 2 is 2.22 bits per heavy atom. The summed E-state index contributed by atoms with van der Waals surface area (Å²) in [6.45, 7) is 4.75. The number of nitrogens with one attached hydrogen (secondary N) is 3. The molecule has 3 N–H and O–H groups in total. The molecule has 0 aliphatic heterocycles. The lowest BCUT2D eigenvalue weighted by atomic mass is 10.3. The number of rotatable bonds is 8. The number of carbonyl (C=O) groups excluding carboxylic acids is 1. The number of hydrogen-bond acceptors (Lipinski definition) is 4. The number of ether oxygens (including phenoxy) is 1. The van der Waals surface area contributed by atoms with Crippen LogP contribution in [0.5, 0.6) is 0 Å². The molecule has 0 saturated carbocycles. The number of aromatic nitrogens is 2. The molecule has 6 nitrogen and oxygen atoms in total. The average molecular weight is 277 g/mol. The van der Waals surface area contributed by atoms with Crippen molar-refractivity contribution in [1.29, 1.82) is 0 Å². The first kappa shape index (κ1) is 16.9. The van der Waals surface area contributed by atoms with Crippen molar-refractivity contribution in [1.82, 2.24) is 20.8 Å². The molecular formula is C11H21ClN4O2. The van der Waals surface area contributed by atoms with Gasteiger partial charge < -0.3 is 15.4 Å². The quantitative estimate of drug-likeness (QED) is 0.586. The normalized spacial score (nSPS) is 9.89. The van der Waals surface area contributed by atoms with Crippen LogP contribution in [0.3, 0.4) is 0 Å². The molecule has 18 heavy (non-hydrogen) atoms. The molecule has 0 fully saturated rings. The molecule has 0 atom stereocenters. The molecule has 1 rings (SSSR count). The van der Waals surface area contributed by atoms with Gasteiger partial charge in [0.1, 0.15) is 0 Å². The Balaban J connectivity index is 0.00000289. The summed E-state index contributed by atoms with van der Waals surface area (Å²) >= 11 is 0. The van der Waals surface area contributed by atoms with Crippen molar-refractivity contribution in [2.75, 3.05) is 33.4 Å². The number of nitrogens with zero attached hydrogens (tertiary/aromatic N) is 1. The predicted octanol–water partition coefficient (Wildman–Crippen LogP) is 0.0346. The average Bonchev–Trinajstić information content (AvgIpc) is 2.69. The lowest BCUT2D eigenvalue weighted by Gasteiger charge is -2.05. The van der Waals surface area contributed by atoms with Gasteiger partial charge in [-0.3, -0.25) is 9.89 Å². The summed E-state index contributed by atoms with van der Waals surface area (Å²) in [7, 11) is 1.66. The molecule has 1 heterocycles. The van der Waals surface area contributed by atoms with Crippen LogP contribution in [0.4, 0.5) is 0 Å². The van der Waals surface area contributed by atoms with E-state index in [0.29, 0.717) is 19.6 Å². The van der Waals surface area contributed by atoms with Crippen molar-refractivity contribution >= 4 is 18.3 Å². The number of aryl methyl sites for hydroxylation is 1. The molecule has 0 radical (unpaired) electrons. The molecule has 1 aromatic heterocycles. The zero-order valence-electron chi connectivity index (χ0n) is 10.8. The van der Waals surface area contributed by atoms with Crippen molar-refractivity contribution in [2.24, 2.45) is 0 Å². The van der Waals surface area contributed by atoms with Gasteiger partial charge in [0.25, 0.3) is 0 Å². The Kier molecular flexibility index (Phi) is 9.26. The second-order valence-electron chi connectivity index (χ2n) is 3.81. The van der Waals surface area contributed by atoms with Gasteiger partial charge in [0, 0.05) is 32.4 Å². The number of H-pyrrole nitrogens is 1. The molecule has 0 aliphatic carbocycles. The van der Waals surface area contributed by atoms with E-state index in [1.807, 2.05) is 13.0 Å². The molecule has 0 unspecified atom stereocenters. The van der Waals surface area contributed by atoms with Crippen LogP contribution in [0.25, 0.3) is 0 Å². The fourth-order valence-electron chi connectivity index (χ4n) is 1.38. The largest absolute Gasteiger partial charge is 0.383 e. The fourth-order valence-corrected chi connectivity index (χ4v) is 1.38. The summed E-state index contributed by atoms with van der Waals surface area (Å²) in [4.78, 5) is 11.5. The molecule has 0 bridgehead atoms. The van der Waals surface area contributed by atoms with Crippen LogP contribution in [-0.2, 0) is 16.0 Å². The molecular weight excluding hydrogens is 256 g/mol. The van der Waals surface area contributed by atoms with Gasteiger partial charge in [0.05, 0.1) is 18.7 Å². The summed E-state index contributed by atoms with van der Waals surface area (Å²) in [6, 6.07) is 1.87. The summed E-state index contributed by atoms with van der Waals surface area (Å²) in [5.74, 6) is -0.00922. The zero-order chi connectivity index (χ0) is 12.5. The van der Waals surface area contributed by atoms with Crippen LogP contribution < -0.4 is 10.6 Å². The molecule has 0 saturated heterocycles. The first-order valence-electron chi connectivity index (χ1n) is 5.69. The Hall–Kier alpha value is -1.11. The maximum atomic E-state index is 11.5. The van der Waals surface area contributed by atoms with Crippen molar-refractivity contribution < 1.29 is 9.53 Å². The highest BCUT2D eigenvalue weighted by Crippen LogP contribution is 1.97. The van der Waals surface area contributed by atoms with Gasteiger partial charge in [-0.2, -0.15) is 5.10 Å². The number of hydrogen-bond donors (Lipinski definition) is 3. The van der Waals surface area contributed by atoms with E-state index in [2.05, 4.69) is 20.8 Å². The lowest BCUT2D eigenvalue weighted by Crippen LogP contribution is -2.33. The minimum Gasteiger partial charge on any atom is -0.383 e. The van der Waals surface area contributed by atoms with Gasteiger partial charge in [0.15, 0.2) is 0 Å². The summed E-state index contributed by atoms with van der Waals surface area (Å²) < 4.78 is 4.89. The second-order valence-corrected chi connectivity index (χ2v) is 3.81. The Bertz CT molecular complexity index is 344. The van der Waals surface area contributed by atoms with Crippen molar-refractivity contribution in [3.63, 3.8) is 0 Å². The SMILES string of the molecule is COCCNCCNC(=O)Cc1cc(C)[nH]n1.Cl. The van der Waals surface area contributed by atoms with E-state index in [-0.39, 0.29) is 18.3 Å². The minimum atomic E-state index is -0.00922. The van der Waals surface area contributed by atoms with E-state index in [1.165, 1.54) is 0 Å². The number of methoxy groups -OCH3 is 1. The Morgan fingerprint density at radius 3 is 2.83 bits per heavy atom. The first-order valence-corrected chi connectivity index (χ1v) is 5.69. The highest BCUT2D eigenvalue weighted by atomic mass is 35.5. The maximum absolute atomic E-state index is 11.5. The summed E-state index contributed by atoms with van der Waals surface area (Å²) in [5, 5.41) is 12.8. The Morgan fingerprint density at radius 1 is 1.44 bits per heavy atom. The standard InChI is InChI=1S/C11H20N4O2.ClH/c1-9-7-10(15-14-9)8-11(16)13-4-3-12-5-6-17-2;/h7,12H,3-6,8H2,1-2H3,(H,13,16)(H,14,15);1H. The van der Waals surface area contributed by atoms with Gasteiger partial charge in [-0.25, -0.2) is 0 Å². The van der Waals surface area contributed by atoms with Crippen LogP contribution in [0.1, 0.15) is 11.4 Å². The molecule has 0 aromatic carbocycles. The smallest absolute Gasteiger partial charge is 0.226 e. The molecule has 7 heteroatoms. The summed E-state index contributed by atoms with van der Waals surface area (Å²) in [5.41, 5.74) is 1.74. The van der Waals surface area contributed by atoms with Crippen LogP contribution >= 0.6 is 12.4 Å². The summed E-state index contributed by atoms with van der Waals surface area (Å²) in [6.07, 6.45) is 0.322. The molecule has 0 spiro atoms. The molecule has 1 amide bonds. The number of aromatic amines is 1. The first-order chi connectivity index (χ1) is 8.22. The second kappa shape index (κ2) is 9.87. The van der Waals surface area contributed by atoms with Gasteiger partial charge >= 0.3 is 0 Å². The van der Waals surface area contributed by atoms with Gasteiger partial charge in [-0.1, -0.05) is 0 Å². The predicted molar refractivity (Wildman–Crippen MR) is 72.0 cm³/mol. The lowest BCUT2D eigenvalue weighted by molar-refractivity contribution is -0.120. The molecule has 0 aliphatic rings. The van der Waals surface area contributed by atoms with Gasteiger partial charge in [0.2, 0.25) is 5.91 Å². The van der Waals surface area contributed by atoms with Gasteiger partial charge in [-0.15, -0.1) is 12.4 Å². The number of carbonyl (C=O) groups is 1. The minimum absolute atomic E-state index is 0. The fraction of sp³-hybridized carbons (Fsp3) is 0.636. The monoisotopic (exact) mass is 276 g/mol. The van der Waals surface area contributed by atoms with Crippen LogP contribution in [0, 0.1) is 6.92 Å². The highest BCUT2D eigenvalue weighted by molar-refractivity contribution is 5.85. The topological polar surface area (TPSA) is 79.0 Å². The van der Waals surface area contributed by atoms with E-state index >= 15 is 0 Å². The van der Waals surface area contributed by atoms with E-state index in [9.17, 15) is 4.79 Å². The Labute approximate surface area is 113 Å². The van der Waals surface area contributed by atoms with E-state index in [4.69, 9.17) is 4.74 Å². The van der Waals surface area contributed by atoms with Crippen LogP contribution in [0.2, 0.25) is 0 Å². The van der Waals surface area contributed by atoms with E-state index in [0.717, 1.165) is 24.5 Å². The van der Waals surface area contributed by atoms with E-state index in [1.54, 1.807) is 7.11 Å². The molecule has 104 valence electrons. The highest BCUT2D eigenvalue weighted by Gasteiger charge is 2.04. The van der Waals surface area contributed by atoms with Crippen molar-refractivity contribution in [3.8, 4) is 0 Å². The van der Waals surface area contributed by atoms with Crippen molar-refractivity contribution in [3.05, 3.63) is 17.5 Å². The zero-order valence-corrected chi connectivity index (χ0v) is 11.6. The van der Waals surface area contributed by atoms with Crippen LogP contribution in [-0.4, -0.2) is 49.5 Å². The third kappa shape index (κ3) is 7.26. The third-order valence-corrected chi connectivity index (χ3v) is 2.21. The third-order valence-electron chi connectivity index (χ3n) is 2.21. The van der Waals surface area contributed by atoms with E-state index < -0.39 is 0 Å². The van der Waals surface area contributed by atoms with Crippen LogP contribution in [0.15, 0.2) is 6.07 Å². The number of amides is 1. The number of halogens is 1. The molecule has 1 aromatic rings. The van der Waals surface area contributed by atoms with Gasteiger partial charge in [-0.05, 0) is 13.0 Å². The van der Waals surface area contributed by atoms with Crippen molar-refractivity contribution in [2.45, 2.75) is 13.3 Å². The maximum Gasteiger partial charge on any atom is 0.226 e.